The molecule has 0 saturated heterocycles. The summed E-state index contributed by atoms with van der Waals surface area (Å²) in [6.07, 6.45) is 0.597. The first kappa shape index (κ1) is 17.4. The molecule has 0 saturated carbocycles. The summed E-state index contributed by atoms with van der Waals surface area (Å²) in [4.78, 5) is 29.7. The van der Waals surface area contributed by atoms with Gasteiger partial charge in [0.1, 0.15) is 16.3 Å². The molecule has 0 spiro atoms. The predicted molar refractivity (Wildman–Crippen MR) is 98.7 cm³/mol. The Labute approximate surface area is 150 Å². The largest absolute Gasteiger partial charge is 0.459 e. The van der Waals surface area contributed by atoms with Crippen LogP contribution in [0.3, 0.4) is 0 Å². The number of aromatic nitrogens is 2. The van der Waals surface area contributed by atoms with Crippen LogP contribution in [0.15, 0.2) is 18.2 Å². The van der Waals surface area contributed by atoms with Gasteiger partial charge in [0.15, 0.2) is 11.2 Å². The second-order valence-electron chi connectivity index (χ2n) is 6.35. The van der Waals surface area contributed by atoms with Gasteiger partial charge in [0.2, 0.25) is 0 Å². The van der Waals surface area contributed by atoms with Crippen molar-refractivity contribution in [2.45, 2.75) is 40.7 Å². The molecule has 3 aromatic rings. The van der Waals surface area contributed by atoms with E-state index in [0.29, 0.717) is 26.9 Å². The van der Waals surface area contributed by atoms with Gasteiger partial charge in [0, 0.05) is 11.3 Å². The molecule has 2 aromatic heterocycles. The van der Waals surface area contributed by atoms with Crippen LogP contribution >= 0.6 is 11.3 Å². The molecule has 0 aliphatic carbocycles. The SMILES string of the molecule is Cc1ccc(-c2nc3sc(C(=O)OC(C)C)c(C)n3c2C=O)cc1C. The number of carbonyl (C=O) groups excluding carboxylic acids is 2. The Balaban J connectivity index is 2.16. The molecule has 0 radical (unpaired) electrons. The molecule has 0 atom stereocenters. The van der Waals surface area contributed by atoms with Crippen molar-refractivity contribution >= 4 is 28.6 Å². The van der Waals surface area contributed by atoms with E-state index in [2.05, 4.69) is 4.98 Å². The van der Waals surface area contributed by atoms with E-state index in [9.17, 15) is 9.59 Å². The average Bonchev–Trinajstić information content (AvgIpc) is 3.06. The lowest BCUT2D eigenvalue weighted by Gasteiger charge is -2.07. The number of hydrogen-bond donors (Lipinski definition) is 0. The highest BCUT2D eigenvalue weighted by atomic mass is 32.1. The Hall–Kier alpha value is -2.47. The number of aryl methyl sites for hydroxylation is 3. The Morgan fingerprint density at radius 2 is 1.96 bits per heavy atom. The summed E-state index contributed by atoms with van der Waals surface area (Å²) in [5.41, 5.74) is 4.99. The Morgan fingerprint density at radius 3 is 2.56 bits per heavy atom. The van der Waals surface area contributed by atoms with Crippen LogP contribution in [-0.2, 0) is 4.74 Å². The molecule has 0 fully saturated rings. The van der Waals surface area contributed by atoms with Crippen LogP contribution in [0.2, 0.25) is 0 Å². The summed E-state index contributed by atoms with van der Waals surface area (Å²) in [5, 5.41) is 0. The molecule has 0 bridgehead atoms. The lowest BCUT2D eigenvalue weighted by Crippen LogP contribution is -2.11. The van der Waals surface area contributed by atoms with E-state index in [1.807, 2.05) is 32.0 Å². The van der Waals surface area contributed by atoms with Gasteiger partial charge in [-0.25, -0.2) is 9.78 Å². The van der Waals surface area contributed by atoms with E-state index in [1.165, 1.54) is 16.9 Å². The maximum Gasteiger partial charge on any atom is 0.350 e. The number of carbonyl (C=O) groups is 2. The third-order valence-corrected chi connectivity index (χ3v) is 5.28. The van der Waals surface area contributed by atoms with E-state index < -0.39 is 0 Å². The van der Waals surface area contributed by atoms with Crippen LogP contribution in [0.4, 0.5) is 0 Å². The average molecular weight is 356 g/mol. The molecular weight excluding hydrogens is 336 g/mol. The Morgan fingerprint density at radius 1 is 1.24 bits per heavy atom. The number of benzene rings is 1. The molecule has 6 heteroatoms. The number of thiazole rings is 1. The van der Waals surface area contributed by atoms with Gasteiger partial charge in [-0.1, -0.05) is 23.5 Å². The first-order valence-corrected chi connectivity index (χ1v) is 8.90. The Bertz CT molecular complexity index is 982. The molecule has 130 valence electrons. The van der Waals surface area contributed by atoms with Crippen molar-refractivity contribution in [3.8, 4) is 11.3 Å². The lowest BCUT2D eigenvalue weighted by atomic mass is 10.0. The second-order valence-corrected chi connectivity index (χ2v) is 7.33. The number of fused-ring (bicyclic) bond motifs is 1. The van der Waals surface area contributed by atoms with Crippen molar-refractivity contribution in [3.05, 3.63) is 45.6 Å². The van der Waals surface area contributed by atoms with Crippen molar-refractivity contribution < 1.29 is 14.3 Å². The summed E-state index contributed by atoms with van der Waals surface area (Å²) in [6.45, 7) is 9.49. The second kappa shape index (κ2) is 6.44. The van der Waals surface area contributed by atoms with Crippen LogP contribution in [0, 0.1) is 20.8 Å². The van der Waals surface area contributed by atoms with Crippen molar-refractivity contribution in [3.63, 3.8) is 0 Å². The minimum absolute atomic E-state index is 0.196. The van der Waals surface area contributed by atoms with Gasteiger partial charge in [-0.2, -0.15) is 0 Å². The minimum Gasteiger partial charge on any atom is -0.459 e. The van der Waals surface area contributed by atoms with Crippen LogP contribution in [0.5, 0.6) is 0 Å². The zero-order valence-corrected chi connectivity index (χ0v) is 15.7. The number of ether oxygens (including phenoxy) is 1. The van der Waals surface area contributed by atoms with Crippen LogP contribution in [0.1, 0.15) is 50.8 Å². The fourth-order valence-corrected chi connectivity index (χ4v) is 3.75. The van der Waals surface area contributed by atoms with Gasteiger partial charge in [-0.3, -0.25) is 9.20 Å². The lowest BCUT2D eigenvalue weighted by molar-refractivity contribution is 0.0382. The number of imidazole rings is 1. The van der Waals surface area contributed by atoms with Gasteiger partial charge >= 0.3 is 5.97 Å². The molecule has 0 unspecified atom stereocenters. The summed E-state index contributed by atoms with van der Waals surface area (Å²) in [6, 6.07) is 6.01. The third-order valence-electron chi connectivity index (χ3n) is 4.16. The molecule has 0 N–H and O–H groups in total. The first-order chi connectivity index (χ1) is 11.8. The smallest absolute Gasteiger partial charge is 0.350 e. The zero-order valence-electron chi connectivity index (χ0n) is 14.9. The quantitative estimate of drug-likeness (QED) is 0.514. The summed E-state index contributed by atoms with van der Waals surface area (Å²) >= 11 is 1.24. The fourth-order valence-electron chi connectivity index (χ4n) is 2.74. The van der Waals surface area contributed by atoms with Gasteiger partial charge in [-0.05, 0) is 51.8 Å². The molecule has 0 aliphatic heterocycles. The van der Waals surface area contributed by atoms with Crippen molar-refractivity contribution in [1.29, 1.82) is 0 Å². The third kappa shape index (κ3) is 2.98. The van der Waals surface area contributed by atoms with E-state index in [1.54, 1.807) is 25.2 Å². The molecule has 3 rings (SSSR count). The molecular formula is C19H20N2O3S. The van der Waals surface area contributed by atoms with E-state index in [4.69, 9.17) is 4.74 Å². The van der Waals surface area contributed by atoms with Gasteiger partial charge in [0.25, 0.3) is 0 Å². The normalized spacial score (nSPS) is 11.3. The maximum atomic E-state index is 12.2. The van der Waals surface area contributed by atoms with Gasteiger partial charge < -0.3 is 4.74 Å². The van der Waals surface area contributed by atoms with Crippen molar-refractivity contribution in [2.75, 3.05) is 0 Å². The molecule has 1 aromatic carbocycles. The predicted octanol–water partition coefficient (Wildman–Crippen LogP) is 4.37. The topological polar surface area (TPSA) is 60.7 Å². The molecule has 5 nitrogen and oxygen atoms in total. The van der Waals surface area contributed by atoms with Crippen LogP contribution in [0.25, 0.3) is 16.2 Å². The monoisotopic (exact) mass is 356 g/mol. The molecule has 0 amide bonds. The highest BCUT2D eigenvalue weighted by Crippen LogP contribution is 2.31. The van der Waals surface area contributed by atoms with Crippen molar-refractivity contribution in [1.82, 2.24) is 9.38 Å². The van der Waals surface area contributed by atoms with Crippen molar-refractivity contribution in [2.24, 2.45) is 0 Å². The zero-order chi connectivity index (χ0) is 18.3. The van der Waals surface area contributed by atoms with Crippen LogP contribution < -0.4 is 0 Å². The summed E-state index contributed by atoms with van der Waals surface area (Å²) in [5.74, 6) is -0.382. The van der Waals surface area contributed by atoms with Gasteiger partial charge in [-0.15, -0.1) is 0 Å². The molecule has 2 heterocycles. The number of nitrogens with zero attached hydrogens (tertiary/aromatic N) is 2. The standard InChI is InChI=1S/C19H20N2O3S/c1-10(2)24-18(23)17-13(5)21-15(9-22)16(20-19(21)25-17)14-7-6-11(3)12(4)8-14/h6-10H,1-5H3. The number of hydrogen-bond acceptors (Lipinski definition) is 5. The minimum atomic E-state index is -0.382. The number of rotatable bonds is 4. The highest BCUT2D eigenvalue weighted by Gasteiger charge is 2.24. The van der Waals surface area contributed by atoms with Crippen LogP contribution in [-0.4, -0.2) is 27.7 Å². The fraction of sp³-hybridized carbons (Fsp3) is 0.316. The summed E-state index contributed by atoms with van der Waals surface area (Å²) in [7, 11) is 0. The maximum absolute atomic E-state index is 12.2. The molecule has 0 aliphatic rings. The van der Waals surface area contributed by atoms with Gasteiger partial charge in [0.05, 0.1) is 6.10 Å². The first-order valence-electron chi connectivity index (χ1n) is 8.09. The summed E-state index contributed by atoms with van der Waals surface area (Å²) < 4.78 is 7.01. The highest BCUT2D eigenvalue weighted by molar-refractivity contribution is 7.19. The Kier molecular flexibility index (Phi) is 4.47. The number of esters is 1. The number of aldehydes is 1. The van der Waals surface area contributed by atoms with E-state index in [0.717, 1.165) is 17.4 Å². The van der Waals surface area contributed by atoms with E-state index >= 15 is 0 Å². The van der Waals surface area contributed by atoms with E-state index in [-0.39, 0.29) is 12.1 Å². The molecule has 25 heavy (non-hydrogen) atoms.